The van der Waals surface area contributed by atoms with Crippen LogP contribution in [0.4, 0.5) is 16.2 Å². The van der Waals surface area contributed by atoms with Gasteiger partial charge in [-0.3, -0.25) is 14.9 Å². The second kappa shape index (κ2) is 7.80. The fraction of sp³-hybridized carbons (Fsp3) is 0.208. The number of urea groups is 1. The van der Waals surface area contributed by atoms with E-state index < -0.39 is 17.8 Å². The zero-order chi connectivity index (χ0) is 23.4. The second-order valence-electron chi connectivity index (χ2n) is 8.35. The van der Waals surface area contributed by atoms with Crippen molar-refractivity contribution in [2.75, 3.05) is 16.8 Å². The van der Waals surface area contributed by atoms with Crippen molar-refractivity contribution in [2.24, 2.45) is 0 Å². The lowest BCUT2D eigenvalue weighted by Crippen LogP contribution is -2.54. The Hall–Kier alpha value is -3.09. The van der Waals surface area contributed by atoms with Gasteiger partial charge in [0.1, 0.15) is 5.57 Å². The molecule has 0 radical (unpaired) electrons. The molecule has 2 aromatic carbocycles. The summed E-state index contributed by atoms with van der Waals surface area (Å²) in [7, 11) is 2.02. The zero-order valence-electron chi connectivity index (χ0n) is 18.0. The third-order valence-corrected chi connectivity index (χ3v) is 6.63. The van der Waals surface area contributed by atoms with Crippen LogP contribution in [-0.2, 0) is 9.59 Å². The first-order valence-corrected chi connectivity index (χ1v) is 10.7. The molecule has 0 aromatic heterocycles. The Morgan fingerprint density at radius 1 is 1.03 bits per heavy atom. The van der Waals surface area contributed by atoms with E-state index in [1.165, 1.54) is 12.1 Å². The number of halogens is 2. The van der Waals surface area contributed by atoms with Crippen molar-refractivity contribution in [3.63, 3.8) is 0 Å². The van der Waals surface area contributed by atoms with E-state index in [4.69, 9.17) is 23.2 Å². The number of carbonyl (C=O) groups excluding carboxylic acids is 3. The van der Waals surface area contributed by atoms with E-state index in [2.05, 4.69) is 30.1 Å². The first-order chi connectivity index (χ1) is 15.0. The van der Waals surface area contributed by atoms with Crippen LogP contribution in [0.15, 0.2) is 48.0 Å². The molecular weight excluding hydrogens is 449 g/mol. The van der Waals surface area contributed by atoms with Crippen molar-refractivity contribution in [3.8, 4) is 0 Å². The van der Waals surface area contributed by atoms with E-state index in [1.807, 2.05) is 32.2 Å². The number of barbiturate groups is 1. The molecule has 4 amide bonds. The van der Waals surface area contributed by atoms with Crippen molar-refractivity contribution >= 4 is 64.1 Å². The predicted molar refractivity (Wildman–Crippen MR) is 128 cm³/mol. The van der Waals surface area contributed by atoms with Crippen LogP contribution < -0.4 is 15.1 Å². The van der Waals surface area contributed by atoms with Crippen LogP contribution in [0, 0.1) is 0 Å². The summed E-state index contributed by atoms with van der Waals surface area (Å²) < 4.78 is 0. The normalized spacial score (nSPS) is 19.1. The highest BCUT2D eigenvalue weighted by atomic mass is 35.5. The Balaban J connectivity index is 1.76. The summed E-state index contributed by atoms with van der Waals surface area (Å²) in [4.78, 5) is 41.1. The van der Waals surface area contributed by atoms with Gasteiger partial charge in [0.15, 0.2) is 0 Å². The van der Waals surface area contributed by atoms with Crippen LogP contribution in [0.5, 0.6) is 0 Å². The SMILES string of the molecule is CC1=CC(C)(C)N(C)c2ccc(/C=C3/C(=O)NC(=O)N(c4cccc(Cl)c4Cl)C3=O)cc21. The summed E-state index contributed by atoms with van der Waals surface area (Å²) in [6.45, 7) is 6.30. The van der Waals surface area contributed by atoms with Gasteiger partial charge >= 0.3 is 6.03 Å². The van der Waals surface area contributed by atoms with Crippen LogP contribution in [0.3, 0.4) is 0 Å². The number of anilines is 2. The minimum atomic E-state index is -0.880. The van der Waals surface area contributed by atoms with E-state index in [1.54, 1.807) is 12.1 Å². The number of nitrogens with one attached hydrogen (secondary N) is 1. The van der Waals surface area contributed by atoms with E-state index in [0.29, 0.717) is 5.56 Å². The van der Waals surface area contributed by atoms with E-state index in [0.717, 1.165) is 21.7 Å². The highest BCUT2D eigenvalue weighted by Crippen LogP contribution is 2.39. The molecule has 0 aliphatic carbocycles. The lowest BCUT2D eigenvalue weighted by Gasteiger charge is -2.40. The molecule has 0 saturated carbocycles. The van der Waals surface area contributed by atoms with Gasteiger partial charge in [0, 0.05) is 18.3 Å². The quantitative estimate of drug-likeness (QED) is 0.478. The van der Waals surface area contributed by atoms with E-state index in [9.17, 15) is 14.4 Å². The molecule has 8 heteroatoms. The van der Waals surface area contributed by atoms with Crippen LogP contribution in [0.1, 0.15) is 31.9 Å². The molecule has 0 atom stereocenters. The largest absolute Gasteiger partial charge is 0.366 e. The third-order valence-electron chi connectivity index (χ3n) is 5.83. The van der Waals surface area contributed by atoms with Gasteiger partial charge in [0.05, 0.1) is 21.3 Å². The smallest absolute Gasteiger partial charge is 0.336 e. The molecule has 1 saturated heterocycles. The molecular formula is C24H21Cl2N3O3. The molecule has 4 rings (SSSR count). The molecule has 2 heterocycles. The molecule has 0 unspecified atom stereocenters. The first-order valence-electron chi connectivity index (χ1n) is 9.94. The number of fused-ring (bicyclic) bond motifs is 1. The lowest BCUT2D eigenvalue weighted by molar-refractivity contribution is -0.122. The molecule has 6 nitrogen and oxygen atoms in total. The van der Waals surface area contributed by atoms with Gasteiger partial charge in [-0.2, -0.15) is 0 Å². The minimum absolute atomic E-state index is 0.0477. The number of likely N-dealkylation sites (N-methyl/N-ethyl adjacent to an activating group) is 1. The maximum atomic E-state index is 13.2. The maximum Gasteiger partial charge on any atom is 0.336 e. The second-order valence-corrected chi connectivity index (χ2v) is 9.13. The van der Waals surface area contributed by atoms with Crippen molar-refractivity contribution in [1.29, 1.82) is 0 Å². The molecule has 32 heavy (non-hydrogen) atoms. The van der Waals surface area contributed by atoms with Crippen molar-refractivity contribution in [3.05, 3.63) is 69.2 Å². The van der Waals surface area contributed by atoms with Gasteiger partial charge in [-0.15, -0.1) is 0 Å². The summed E-state index contributed by atoms with van der Waals surface area (Å²) in [6.07, 6.45) is 3.65. The monoisotopic (exact) mass is 469 g/mol. The summed E-state index contributed by atoms with van der Waals surface area (Å²) in [5.74, 6) is -1.54. The molecule has 1 fully saturated rings. The minimum Gasteiger partial charge on any atom is -0.366 e. The Kier molecular flexibility index (Phi) is 5.39. The van der Waals surface area contributed by atoms with Crippen LogP contribution in [0.25, 0.3) is 11.6 Å². The number of amides is 4. The fourth-order valence-corrected chi connectivity index (χ4v) is 4.35. The zero-order valence-corrected chi connectivity index (χ0v) is 19.5. The van der Waals surface area contributed by atoms with Gasteiger partial charge in [-0.1, -0.05) is 41.4 Å². The molecule has 2 aliphatic rings. The lowest BCUT2D eigenvalue weighted by atomic mass is 9.88. The van der Waals surface area contributed by atoms with Crippen molar-refractivity contribution < 1.29 is 14.4 Å². The van der Waals surface area contributed by atoms with Gasteiger partial charge in [0.25, 0.3) is 11.8 Å². The van der Waals surface area contributed by atoms with Crippen LogP contribution in [-0.4, -0.2) is 30.4 Å². The average molecular weight is 470 g/mol. The summed E-state index contributed by atoms with van der Waals surface area (Å²) in [5, 5.41) is 2.44. The van der Waals surface area contributed by atoms with Gasteiger partial charge < -0.3 is 4.90 Å². The molecule has 2 aromatic rings. The summed E-state index contributed by atoms with van der Waals surface area (Å²) in [5.41, 5.74) is 3.63. The summed E-state index contributed by atoms with van der Waals surface area (Å²) in [6, 6.07) is 9.45. The van der Waals surface area contributed by atoms with Crippen LogP contribution >= 0.6 is 23.2 Å². The molecule has 2 aliphatic heterocycles. The van der Waals surface area contributed by atoms with E-state index in [-0.39, 0.29) is 26.8 Å². The predicted octanol–water partition coefficient (Wildman–Crippen LogP) is 5.29. The van der Waals surface area contributed by atoms with Crippen LogP contribution in [0.2, 0.25) is 10.0 Å². The molecule has 164 valence electrons. The number of rotatable bonds is 2. The Bertz CT molecular complexity index is 1250. The Morgan fingerprint density at radius 2 is 1.75 bits per heavy atom. The number of imide groups is 2. The summed E-state index contributed by atoms with van der Waals surface area (Å²) >= 11 is 12.3. The third kappa shape index (κ3) is 3.59. The molecule has 0 spiro atoms. The Morgan fingerprint density at radius 3 is 2.47 bits per heavy atom. The van der Waals surface area contributed by atoms with Gasteiger partial charge in [0.2, 0.25) is 0 Å². The number of hydrogen-bond acceptors (Lipinski definition) is 4. The topological polar surface area (TPSA) is 69.7 Å². The van der Waals surface area contributed by atoms with Gasteiger partial charge in [-0.25, -0.2) is 9.69 Å². The molecule has 1 N–H and O–H groups in total. The number of carbonyl (C=O) groups is 3. The molecule has 0 bridgehead atoms. The highest BCUT2D eigenvalue weighted by Gasteiger charge is 2.38. The number of benzene rings is 2. The maximum absolute atomic E-state index is 13.2. The van der Waals surface area contributed by atoms with E-state index >= 15 is 0 Å². The first kappa shape index (κ1) is 22.1. The van der Waals surface area contributed by atoms with Crippen molar-refractivity contribution in [2.45, 2.75) is 26.3 Å². The Labute approximate surface area is 196 Å². The standard InChI is InChI=1S/C24H21Cl2N3O3/c1-13-12-24(2,3)28(4)18-9-8-14(10-15(13)18)11-16-21(30)27-23(32)29(22(16)31)19-7-5-6-17(25)20(19)26/h5-12H,1-4H3,(H,27,30,32)/b16-11-. The van der Waals surface area contributed by atoms with Gasteiger partial charge in [-0.05, 0) is 62.2 Å². The number of allylic oxidation sites excluding steroid dienone is 1. The number of hydrogen-bond donors (Lipinski definition) is 1. The number of nitrogens with zero attached hydrogens (tertiary/aromatic N) is 2. The average Bonchev–Trinajstić information content (AvgIpc) is 2.72. The highest BCUT2D eigenvalue weighted by molar-refractivity contribution is 6.46. The van der Waals surface area contributed by atoms with Crippen molar-refractivity contribution in [1.82, 2.24) is 5.32 Å². The fourth-order valence-electron chi connectivity index (χ4n) is 3.97.